The van der Waals surface area contributed by atoms with Gasteiger partial charge in [0.05, 0.1) is 11.1 Å². The summed E-state index contributed by atoms with van der Waals surface area (Å²) in [6.45, 7) is 1.82. The van der Waals surface area contributed by atoms with Crippen molar-refractivity contribution in [2.45, 2.75) is 6.92 Å². The number of allylic oxidation sites excluding steroid dienone is 1. The lowest BCUT2D eigenvalue weighted by Crippen LogP contribution is -2.10. The second kappa shape index (κ2) is 7.12. The molecule has 3 aromatic carbocycles. The Morgan fingerprint density at radius 3 is 2.64 bits per heavy atom. The van der Waals surface area contributed by atoms with Gasteiger partial charge in [-0.05, 0) is 54.5 Å². The number of hydrogen-bond acceptors (Lipinski definition) is 4. The van der Waals surface area contributed by atoms with Crippen LogP contribution in [0.25, 0.3) is 6.08 Å². The van der Waals surface area contributed by atoms with E-state index in [1.54, 1.807) is 36.4 Å². The predicted octanol–water partition coefficient (Wildman–Crippen LogP) is 4.97. The van der Waals surface area contributed by atoms with Crippen molar-refractivity contribution in [2.75, 3.05) is 0 Å². The number of ether oxygens (including phenoxy) is 2. The van der Waals surface area contributed by atoms with Gasteiger partial charge in [-0.15, -0.1) is 0 Å². The van der Waals surface area contributed by atoms with Crippen molar-refractivity contribution in [3.63, 3.8) is 0 Å². The highest BCUT2D eigenvalue weighted by Gasteiger charge is 2.28. The van der Waals surface area contributed by atoms with Crippen LogP contribution in [0.3, 0.4) is 0 Å². The summed E-state index contributed by atoms with van der Waals surface area (Å²) in [5, 5.41) is 0. The van der Waals surface area contributed by atoms with Crippen LogP contribution >= 0.6 is 0 Å². The molecule has 0 aliphatic carbocycles. The largest absolute Gasteiger partial charge is 0.452 e. The van der Waals surface area contributed by atoms with Crippen LogP contribution < -0.4 is 9.47 Å². The highest BCUT2D eigenvalue weighted by molar-refractivity contribution is 6.14. The zero-order valence-electron chi connectivity index (χ0n) is 14.9. The van der Waals surface area contributed by atoms with E-state index in [0.717, 1.165) is 5.56 Å². The quantitative estimate of drug-likeness (QED) is 0.369. The molecule has 0 atom stereocenters. The topological polar surface area (TPSA) is 52.6 Å². The average Bonchev–Trinajstić information content (AvgIpc) is 2.97. The van der Waals surface area contributed by atoms with Gasteiger partial charge < -0.3 is 9.47 Å². The lowest BCUT2D eigenvalue weighted by atomic mass is 10.1. The molecule has 138 valence electrons. The summed E-state index contributed by atoms with van der Waals surface area (Å²) >= 11 is 0. The molecule has 0 N–H and O–H groups in total. The second-order valence-electron chi connectivity index (χ2n) is 6.36. The number of esters is 1. The Morgan fingerprint density at radius 1 is 1.04 bits per heavy atom. The fraction of sp³-hybridized carbons (Fsp3) is 0.0435. The standard InChI is InChI=1S/C23H15FO4/c1-14-5-2-3-8-18(14)23(26)27-17-9-10-19-20(13-17)28-21(22(19)25)12-15-6-4-7-16(24)11-15/h2-13H,1H3. The first-order valence-electron chi connectivity index (χ1n) is 8.63. The minimum absolute atomic E-state index is 0.0861. The van der Waals surface area contributed by atoms with Crippen LogP contribution in [0.1, 0.15) is 31.8 Å². The molecule has 1 heterocycles. The zero-order chi connectivity index (χ0) is 19.7. The molecule has 0 fully saturated rings. The van der Waals surface area contributed by atoms with Crippen LogP contribution in [0.5, 0.6) is 11.5 Å². The lowest BCUT2D eigenvalue weighted by molar-refractivity contribution is 0.0733. The predicted molar refractivity (Wildman–Crippen MR) is 102 cm³/mol. The summed E-state index contributed by atoms with van der Waals surface area (Å²) in [6, 6.07) is 17.6. The Balaban J connectivity index is 1.57. The monoisotopic (exact) mass is 374 g/mol. The summed E-state index contributed by atoms with van der Waals surface area (Å²) in [5.41, 5.74) is 2.15. The molecular weight excluding hydrogens is 359 g/mol. The van der Waals surface area contributed by atoms with E-state index in [2.05, 4.69) is 0 Å². The summed E-state index contributed by atoms with van der Waals surface area (Å²) in [7, 11) is 0. The van der Waals surface area contributed by atoms with E-state index in [1.165, 1.54) is 24.3 Å². The number of fused-ring (bicyclic) bond motifs is 1. The molecule has 4 nitrogen and oxygen atoms in total. The molecule has 28 heavy (non-hydrogen) atoms. The molecule has 5 heteroatoms. The zero-order valence-corrected chi connectivity index (χ0v) is 14.9. The van der Waals surface area contributed by atoms with Crippen molar-refractivity contribution in [3.05, 3.63) is 101 Å². The first-order valence-corrected chi connectivity index (χ1v) is 8.63. The van der Waals surface area contributed by atoms with Gasteiger partial charge in [-0.3, -0.25) is 4.79 Å². The van der Waals surface area contributed by atoms with Crippen LogP contribution in [-0.2, 0) is 0 Å². The van der Waals surface area contributed by atoms with E-state index in [-0.39, 0.29) is 17.3 Å². The van der Waals surface area contributed by atoms with Gasteiger partial charge in [0.2, 0.25) is 5.78 Å². The molecule has 1 aliphatic heterocycles. The Labute approximate surface area is 160 Å². The number of ketones is 1. The number of benzene rings is 3. The molecule has 0 saturated heterocycles. The van der Waals surface area contributed by atoms with Gasteiger partial charge >= 0.3 is 5.97 Å². The fourth-order valence-electron chi connectivity index (χ4n) is 2.94. The molecule has 0 bridgehead atoms. The van der Waals surface area contributed by atoms with Crippen LogP contribution in [-0.4, -0.2) is 11.8 Å². The van der Waals surface area contributed by atoms with Crippen LogP contribution in [0.4, 0.5) is 4.39 Å². The summed E-state index contributed by atoms with van der Waals surface area (Å²) < 4.78 is 24.4. The molecule has 0 radical (unpaired) electrons. The van der Waals surface area contributed by atoms with Crippen molar-refractivity contribution in [2.24, 2.45) is 0 Å². The summed E-state index contributed by atoms with van der Waals surface area (Å²) in [4.78, 5) is 24.9. The van der Waals surface area contributed by atoms with E-state index in [1.807, 2.05) is 19.1 Å². The second-order valence-corrected chi connectivity index (χ2v) is 6.36. The molecule has 1 aliphatic rings. The van der Waals surface area contributed by atoms with Gasteiger partial charge in [0.15, 0.2) is 5.76 Å². The van der Waals surface area contributed by atoms with Gasteiger partial charge in [0.1, 0.15) is 17.3 Å². The van der Waals surface area contributed by atoms with Gasteiger partial charge in [-0.25, -0.2) is 9.18 Å². The van der Waals surface area contributed by atoms with Crippen molar-refractivity contribution >= 4 is 17.8 Å². The van der Waals surface area contributed by atoms with E-state index < -0.39 is 11.8 Å². The number of aryl methyl sites for hydroxylation is 1. The highest BCUT2D eigenvalue weighted by Crippen LogP contribution is 2.35. The third kappa shape index (κ3) is 3.42. The number of Topliss-reactive ketones (excluding diaryl/α,β-unsaturated/α-hetero) is 1. The molecule has 0 saturated carbocycles. The maximum Gasteiger partial charge on any atom is 0.343 e. The molecule has 0 aromatic heterocycles. The van der Waals surface area contributed by atoms with Gasteiger partial charge in [-0.2, -0.15) is 0 Å². The van der Waals surface area contributed by atoms with Crippen LogP contribution in [0.2, 0.25) is 0 Å². The SMILES string of the molecule is Cc1ccccc1C(=O)Oc1ccc2c(c1)OC(=Cc1cccc(F)c1)C2=O. The van der Waals surface area contributed by atoms with E-state index in [4.69, 9.17) is 9.47 Å². The van der Waals surface area contributed by atoms with E-state index in [9.17, 15) is 14.0 Å². The van der Waals surface area contributed by atoms with Gasteiger partial charge in [0, 0.05) is 6.07 Å². The van der Waals surface area contributed by atoms with Crippen LogP contribution in [0.15, 0.2) is 72.5 Å². The summed E-state index contributed by atoms with van der Waals surface area (Å²) in [5.74, 6) is -0.547. The maximum atomic E-state index is 13.3. The van der Waals surface area contributed by atoms with Gasteiger partial charge in [0.25, 0.3) is 0 Å². The molecule has 4 rings (SSSR count). The van der Waals surface area contributed by atoms with Crippen LogP contribution in [0, 0.1) is 12.7 Å². The smallest absolute Gasteiger partial charge is 0.343 e. The molecule has 0 spiro atoms. The van der Waals surface area contributed by atoms with Gasteiger partial charge in [-0.1, -0.05) is 30.3 Å². The summed E-state index contributed by atoms with van der Waals surface area (Å²) in [6.07, 6.45) is 1.48. The Hall–Kier alpha value is -3.73. The number of halogens is 1. The average molecular weight is 374 g/mol. The Bertz CT molecular complexity index is 1130. The van der Waals surface area contributed by atoms with E-state index >= 15 is 0 Å². The lowest BCUT2D eigenvalue weighted by Gasteiger charge is -2.07. The maximum absolute atomic E-state index is 13.3. The van der Waals surface area contributed by atoms with Crippen molar-refractivity contribution in [1.29, 1.82) is 0 Å². The normalized spacial score (nSPS) is 13.9. The first-order chi connectivity index (χ1) is 13.5. The molecule has 0 unspecified atom stereocenters. The fourth-order valence-corrected chi connectivity index (χ4v) is 2.94. The number of rotatable bonds is 3. The molecule has 0 amide bonds. The van der Waals surface area contributed by atoms with E-state index in [0.29, 0.717) is 22.4 Å². The molecule has 3 aromatic rings. The van der Waals surface area contributed by atoms with Crippen molar-refractivity contribution in [1.82, 2.24) is 0 Å². The number of carbonyl (C=O) groups is 2. The number of carbonyl (C=O) groups excluding carboxylic acids is 2. The minimum Gasteiger partial charge on any atom is -0.452 e. The molecular formula is C23H15FO4. The first kappa shape index (κ1) is 17.7. The minimum atomic E-state index is -0.488. The van der Waals surface area contributed by atoms with Crippen molar-refractivity contribution in [3.8, 4) is 11.5 Å². The third-order valence-electron chi connectivity index (χ3n) is 4.36. The highest BCUT2D eigenvalue weighted by atomic mass is 19.1. The third-order valence-corrected chi connectivity index (χ3v) is 4.36. The number of hydrogen-bond donors (Lipinski definition) is 0. The Kier molecular flexibility index (Phi) is 4.49. The Morgan fingerprint density at radius 2 is 1.86 bits per heavy atom. The van der Waals surface area contributed by atoms with Crippen molar-refractivity contribution < 1.29 is 23.5 Å².